The van der Waals surface area contributed by atoms with Gasteiger partial charge in [-0.1, -0.05) is 18.2 Å². The molecule has 1 aliphatic rings. The molecule has 4 rings (SSSR count). The molecule has 1 heterocycles. The highest BCUT2D eigenvalue weighted by Gasteiger charge is 2.57. The molecular formula is C31H32N2O13S. The van der Waals surface area contributed by atoms with Gasteiger partial charge in [0.15, 0.2) is 4.75 Å². The number of phenolic OH excluding ortho intramolecular Hbond substituents is 2. The summed E-state index contributed by atoms with van der Waals surface area (Å²) in [6.07, 6.45) is 0. The summed E-state index contributed by atoms with van der Waals surface area (Å²) in [6.45, 7) is -0.628. The van der Waals surface area contributed by atoms with Gasteiger partial charge in [0.05, 0.1) is 26.2 Å². The van der Waals surface area contributed by atoms with E-state index < -0.39 is 78.0 Å². The van der Waals surface area contributed by atoms with E-state index in [0.717, 1.165) is 9.80 Å². The lowest BCUT2D eigenvalue weighted by molar-refractivity contribution is -0.144. The number of aromatic hydroxyl groups is 2. The third kappa shape index (κ3) is 6.98. The van der Waals surface area contributed by atoms with Crippen molar-refractivity contribution in [3.8, 4) is 17.2 Å². The van der Waals surface area contributed by atoms with E-state index in [-0.39, 0.29) is 56.2 Å². The summed E-state index contributed by atoms with van der Waals surface area (Å²) in [5.41, 5.74) is 0.592. The molecule has 0 unspecified atom stereocenters. The minimum absolute atomic E-state index is 0.0197. The molecule has 0 atom stereocenters. The predicted molar refractivity (Wildman–Crippen MR) is 163 cm³/mol. The summed E-state index contributed by atoms with van der Waals surface area (Å²) in [5, 5.41) is 59.4. The van der Waals surface area contributed by atoms with Crippen LogP contribution >= 0.6 is 0 Å². The zero-order valence-corrected chi connectivity index (χ0v) is 26.0. The lowest BCUT2D eigenvalue weighted by Gasteiger charge is -2.31. The maximum Gasteiger partial charge on any atom is 0.328 e. The Labute approximate surface area is 268 Å². The Bertz CT molecular complexity index is 1750. The summed E-state index contributed by atoms with van der Waals surface area (Å²) < 4.78 is 32.0. The van der Waals surface area contributed by atoms with Gasteiger partial charge in [-0.2, -0.15) is 8.42 Å². The number of nitrogens with zero attached hydrogens (tertiary/aromatic N) is 2. The molecule has 0 spiro atoms. The molecule has 0 aliphatic carbocycles. The first-order chi connectivity index (χ1) is 22.0. The van der Waals surface area contributed by atoms with Gasteiger partial charge in [-0.15, -0.1) is 0 Å². The number of para-hydroxylation sites is 1. The van der Waals surface area contributed by atoms with Crippen LogP contribution in [0.25, 0.3) is 0 Å². The molecule has 1 aliphatic heterocycles. The van der Waals surface area contributed by atoms with Crippen molar-refractivity contribution in [3.05, 3.63) is 87.5 Å². The van der Waals surface area contributed by atoms with Crippen LogP contribution in [0.2, 0.25) is 0 Å². The average molecular weight is 673 g/mol. The van der Waals surface area contributed by atoms with E-state index in [2.05, 4.69) is 0 Å². The number of rotatable bonds is 14. The molecule has 16 heteroatoms. The van der Waals surface area contributed by atoms with Crippen molar-refractivity contribution in [3.63, 3.8) is 0 Å². The number of hydrogen-bond donors (Lipinski definition) is 6. The van der Waals surface area contributed by atoms with E-state index in [1.165, 1.54) is 50.2 Å². The van der Waals surface area contributed by atoms with Crippen LogP contribution in [0.15, 0.2) is 48.5 Å². The fourth-order valence-electron chi connectivity index (χ4n) is 5.85. The predicted octanol–water partition coefficient (Wildman–Crippen LogP) is 1.67. The van der Waals surface area contributed by atoms with Crippen LogP contribution < -0.4 is 4.18 Å². The van der Waals surface area contributed by atoms with Gasteiger partial charge in [-0.3, -0.25) is 29.0 Å². The fraction of sp³-hybridized carbons (Fsp3) is 0.290. The highest BCUT2D eigenvalue weighted by Crippen LogP contribution is 2.54. The SMILES string of the molecule is Cc1cc(C2(c3cc(C)c(O)c(CN(CC(=O)O)CC(=O)O)c3)c3ccccc3OS2(=O)=O)cc(CN(CC(=O)O)CC(=O)O)c1O. The topological polar surface area (TPSA) is 240 Å². The summed E-state index contributed by atoms with van der Waals surface area (Å²) in [5.74, 6) is -6.00. The zero-order valence-electron chi connectivity index (χ0n) is 25.2. The van der Waals surface area contributed by atoms with Crippen molar-refractivity contribution in [2.45, 2.75) is 31.7 Å². The van der Waals surface area contributed by atoms with Crippen molar-refractivity contribution >= 4 is 34.0 Å². The molecule has 0 bridgehead atoms. The number of benzene rings is 3. The van der Waals surface area contributed by atoms with Crippen molar-refractivity contribution in [1.29, 1.82) is 0 Å². The summed E-state index contributed by atoms with van der Waals surface area (Å²) in [4.78, 5) is 48.0. The number of aryl methyl sites for hydroxylation is 2. The Balaban J connectivity index is 2.02. The van der Waals surface area contributed by atoms with Crippen LogP contribution in [0.4, 0.5) is 0 Å². The van der Waals surface area contributed by atoms with Crippen LogP contribution in [0.5, 0.6) is 17.2 Å². The van der Waals surface area contributed by atoms with Crippen LogP contribution in [0.3, 0.4) is 0 Å². The van der Waals surface area contributed by atoms with Gasteiger partial charge in [0.1, 0.15) is 17.2 Å². The second-order valence-electron chi connectivity index (χ2n) is 11.2. The van der Waals surface area contributed by atoms with Crippen molar-refractivity contribution in [2.24, 2.45) is 0 Å². The molecule has 0 amide bonds. The van der Waals surface area contributed by atoms with Gasteiger partial charge >= 0.3 is 34.0 Å². The van der Waals surface area contributed by atoms with Crippen LogP contribution in [-0.2, 0) is 47.1 Å². The van der Waals surface area contributed by atoms with Gasteiger partial charge in [-0.25, -0.2) is 0 Å². The van der Waals surface area contributed by atoms with Gasteiger partial charge in [0.2, 0.25) is 0 Å². The van der Waals surface area contributed by atoms with Gasteiger partial charge in [0.25, 0.3) is 0 Å². The number of carboxylic acids is 4. The minimum Gasteiger partial charge on any atom is -0.507 e. The first-order valence-electron chi connectivity index (χ1n) is 14.0. The first-order valence-corrected chi connectivity index (χ1v) is 15.4. The Hall–Kier alpha value is -5.19. The number of fused-ring (bicyclic) bond motifs is 1. The summed E-state index contributed by atoms with van der Waals surface area (Å²) in [7, 11) is -4.71. The third-order valence-electron chi connectivity index (χ3n) is 7.64. The van der Waals surface area contributed by atoms with Crippen molar-refractivity contribution < 1.29 is 62.4 Å². The van der Waals surface area contributed by atoms with E-state index in [4.69, 9.17) is 4.18 Å². The molecule has 47 heavy (non-hydrogen) atoms. The maximum atomic E-state index is 14.3. The lowest BCUT2D eigenvalue weighted by atomic mass is 9.80. The molecule has 15 nitrogen and oxygen atoms in total. The Morgan fingerprint density at radius 3 is 1.45 bits per heavy atom. The largest absolute Gasteiger partial charge is 0.507 e. The Kier molecular flexibility index (Phi) is 9.79. The second kappa shape index (κ2) is 13.3. The van der Waals surface area contributed by atoms with Gasteiger partial charge in [-0.05, 0) is 66.4 Å². The smallest absolute Gasteiger partial charge is 0.328 e. The summed E-state index contributed by atoms with van der Waals surface area (Å²) in [6, 6.07) is 11.5. The van der Waals surface area contributed by atoms with Gasteiger partial charge < -0.3 is 34.8 Å². The highest BCUT2D eigenvalue weighted by molar-refractivity contribution is 7.88. The first kappa shape index (κ1) is 34.7. The third-order valence-corrected chi connectivity index (χ3v) is 9.48. The van der Waals surface area contributed by atoms with E-state index in [1.807, 2.05) is 0 Å². The molecule has 3 aromatic rings. The average Bonchev–Trinajstić information content (AvgIpc) is 3.18. The number of hydrogen-bond acceptors (Lipinski definition) is 11. The van der Waals surface area contributed by atoms with E-state index in [9.17, 15) is 58.2 Å². The monoisotopic (exact) mass is 672 g/mol. The Morgan fingerprint density at radius 2 is 1.06 bits per heavy atom. The van der Waals surface area contributed by atoms with Crippen LogP contribution in [0, 0.1) is 13.8 Å². The zero-order chi connectivity index (χ0) is 34.8. The van der Waals surface area contributed by atoms with Crippen molar-refractivity contribution in [2.75, 3.05) is 26.2 Å². The molecular weight excluding hydrogens is 640 g/mol. The van der Waals surface area contributed by atoms with E-state index >= 15 is 0 Å². The standard InChI is InChI=1S/C31H32N2O13S/c1-17-7-21(9-19(29(17)42)11-32(13-25(34)35)14-26(36)37)31(23-5-3-4-6-24(23)46-47(31,44)45)22-8-18(2)30(43)20(10-22)12-33(15-27(38)39)16-28(40)41/h3-10,42-43H,11-16H2,1-2H3,(H,34,35)(H,36,37)(H,38,39)(H,40,41). The molecule has 0 saturated carbocycles. The fourth-order valence-corrected chi connectivity index (χ4v) is 7.60. The maximum absolute atomic E-state index is 14.3. The van der Waals surface area contributed by atoms with Gasteiger partial charge in [0, 0.05) is 29.8 Å². The minimum atomic E-state index is -4.71. The number of carboxylic acid groups (broad SMARTS) is 4. The molecule has 0 fully saturated rings. The normalized spacial score (nSPS) is 14.5. The second-order valence-corrected chi connectivity index (χ2v) is 12.9. The van der Waals surface area contributed by atoms with Crippen molar-refractivity contribution in [1.82, 2.24) is 9.80 Å². The lowest BCUT2D eigenvalue weighted by Crippen LogP contribution is -2.37. The molecule has 6 N–H and O–H groups in total. The van der Waals surface area contributed by atoms with E-state index in [1.54, 1.807) is 12.1 Å². The van der Waals surface area contributed by atoms with Crippen LogP contribution in [-0.4, -0.2) is 98.9 Å². The Morgan fingerprint density at radius 1 is 0.681 bits per heavy atom. The molecule has 3 aromatic carbocycles. The number of aliphatic carboxylic acids is 4. The molecule has 0 radical (unpaired) electrons. The molecule has 250 valence electrons. The number of carbonyl (C=O) groups is 4. The molecule has 0 saturated heterocycles. The molecule has 0 aromatic heterocycles. The quantitative estimate of drug-likeness (QED) is 0.134. The van der Waals surface area contributed by atoms with E-state index in [0.29, 0.717) is 0 Å². The van der Waals surface area contributed by atoms with Crippen LogP contribution in [0.1, 0.15) is 38.9 Å². The summed E-state index contributed by atoms with van der Waals surface area (Å²) >= 11 is 0. The highest BCUT2D eigenvalue weighted by atomic mass is 32.2. The number of phenols is 2.